The number of piperidine rings is 1. The molecule has 1 saturated heterocycles. The normalized spacial score (nSPS) is 20.0. The number of likely N-dealkylation sites (tertiary alicyclic amines) is 1. The second-order valence-electron chi connectivity index (χ2n) is 10.9. The van der Waals surface area contributed by atoms with Crippen molar-refractivity contribution in [3.8, 4) is 5.88 Å². The van der Waals surface area contributed by atoms with Gasteiger partial charge in [0.1, 0.15) is 11.7 Å². The minimum absolute atomic E-state index is 0.0202. The molecule has 1 saturated carbocycles. The molecule has 0 spiro atoms. The Bertz CT molecular complexity index is 1180. The van der Waals surface area contributed by atoms with Gasteiger partial charge in [0.15, 0.2) is 0 Å². The lowest BCUT2D eigenvalue weighted by molar-refractivity contribution is -0.388. The maximum Gasteiger partial charge on any atom is 0.423 e. The quantitative estimate of drug-likeness (QED) is 0.249. The number of aryl methyl sites for hydroxylation is 1. The summed E-state index contributed by atoms with van der Waals surface area (Å²) in [5.74, 6) is 1.45. The lowest BCUT2D eigenvalue weighted by Crippen LogP contribution is -2.44. The number of nitrogens with one attached hydrogen (secondary N) is 2. The Morgan fingerprint density at radius 1 is 1.10 bits per heavy atom. The Balaban J connectivity index is 1.19. The van der Waals surface area contributed by atoms with Gasteiger partial charge >= 0.3 is 12.2 Å². The van der Waals surface area contributed by atoms with Crippen LogP contribution in [0.5, 0.6) is 5.88 Å². The van der Waals surface area contributed by atoms with Crippen molar-refractivity contribution in [2.75, 3.05) is 31.5 Å². The first-order chi connectivity index (χ1) is 19.6. The second-order valence-corrected chi connectivity index (χ2v) is 10.9. The fourth-order valence-electron chi connectivity index (χ4n) is 5.62. The fourth-order valence-corrected chi connectivity index (χ4v) is 5.62. The monoisotopic (exact) mass is 577 g/mol. The zero-order chi connectivity index (χ0) is 29.4. The van der Waals surface area contributed by atoms with Crippen LogP contribution in [0.1, 0.15) is 63.1 Å². The highest BCUT2D eigenvalue weighted by atomic mass is 19.4. The average Bonchev–Trinajstić information content (AvgIpc) is 2.96. The molecule has 1 aromatic carbocycles. The molecule has 1 aromatic heterocycles. The van der Waals surface area contributed by atoms with Crippen molar-refractivity contribution < 1.29 is 27.6 Å². The van der Waals surface area contributed by atoms with Gasteiger partial charge in [-0.1, -0.05) is 6.07 Å². The number of pyridine rings is 1. The average molecular weight is 578 g/mol. The molecular weight excluding hydrogens is 539 g/mol. The van der Waals surface area contributed by atoms with Gasteiger partial charge in [-0.2, -0.15) is 13.2 Å². The van der Waals surface area contributed by atoms with E-state index in [2.05, 4.69) is 10.6 Å². The van der Waals surface area contributed by atoms with Crippen molar-refractivity contribution in [1.29, 1.82) is 0 Å². The van der Waals surface area contributed by atoms with Crippen LogP contribution in [0.15, 0.2) is 36.4 Å². The zero-order valence-corrected chi connectivity index (χ0v) is 23.3. The highest BCUT2D eigenvalue weighted by molar-refractivity contribution is 5.74. The lowest BCUT2D eigenvalue weighted by Gasteiger charge is -2.32. The van der Waals surface area contributed by atoms with Crippen molar-refractivity contribution in [2.24, 2.45) is 11.8 Å². The van der Waals surface area contributed by atoms with Gasteiger partial charge in [0.25, 0.3) is 5.69 Å². The summed E-state index contributed by atoms with van der Waals surface area (Å²) in [6.45, 7) is 4.62. The van der Waals surface area contributed by atoms with Crippen LogP contribution in [0.2, 0.25) is 0 Å². The summed E-state index contributed by atoms with van der Waals surface area (Å²) in [4.78, 5) is 28.5. The van der Waals surface area contributed by atoms with Crippen LogP contribution in [-0.2, 0) is 12.6 Å². The van der Waals surface area contributed by atoms with Gasteiger partial charge in [-0.05, 0) is 88.3 Å². The van der Waals surface area contributed by atoms with Gasteiger partial charge in [0.05, 0.1) is 4.92 Å². The summed E-state index contributed by atoms with van der Waals surface area (Å²) >= 11 is 0. The van der Waals surface area contributed by atoms with Gasteiger partial charge in [0, 0.05) is 49.7 Å². The van der Waals surface area contributed by atoms with Gasteiger partial charge in [-0.15, -0.1) is 0 Å². The van der Waals surface area contributed by atoms with E-state index >= 15 is 0 Å². The highest BCUT2D eigenvalue weighted by Crippen LogP contribution is 2.38. The van der Waals surface area contributed by atoms with Crippen molar-refractivity contribution in [1.82, 2.24) is 15.2 Å². The Hall–Kier alpha value is -3.57. The number of hydrogen-bond acceptors (Lipinski definition) is 6. The lowest BCUT2D eigenvalue weighted by atomic mass is 9.87. The summed E-state index contributed by atoms with van der Waals surface area (Å²) in [5, 5.41) is 16.8. The van der Waals surface area contributed by atoms with E-state index in [1.54, 1.807) is 0 Å². The van der Waals surface area contributed by atoms with Gasteiger partial charge in [0.2, 0.25) is 5.88 Å². The Kier molecular flexibility index (Phi) is 10.3. The molecule has 9 nitrogen and oxygen atoms in total. The van der Waals surface area contributed by atoms with Crippen LogP contribution in [0.4, 0.5) is 29.3 Å². The third-order valence-corrected chi connectivity index (χ3v) is 7.99. The van der Waals surface area contributed by atoms with Crippen molar-refractivity contribution in [3.63, 3.8) is 0 Å². The summed E-state index contributed by atoms with van der Waals surface area (Å²) in [6, 6.07) is 8.89. The van der Waals surface area contributed by atoms with Crippen LogP contribution in [-0.4, -0.2) is 53.1 Å². The molecule has 0 atom stereocenters. The molecule has 2 aromatic rings. The third kappa shape index (κ3) is 8.71. The molecule has 0 bridgehead atoms. The number of nitrogens with zero attached hydrogens (tertiary/aromatic N) is 3. The van der Waals surface area contributed by atoms with Crippen LogP contribution in [0.25, 0.3) is 0 Å². The molecule has 2 aliphatic rings. The molecule has 2 amide bonds. The third-order valence-electron chi connectivity index (χ3n) is 7.99. The van der Waals surface area contributed by atoms with Crippen molar-refractivity contribution in [3.05, 3.63) is 57.8 Å². The SMILES string of the molecule is CCNC(=O)N1CCC(CCc2cccc(OC3CCC(CNc4ccc([N+](=O)[O-])c(C(F)(F)F)c4)CC3)n2)CC1. The van der Waals surface area contributed by atoms with E-state index in [0.717, 1.165) is 82.3 Å². The number of hydrogen-bond donors (Lipinski definition) is 2. The maximum absolute atomic E-state index is 13.3. The van der Waals surface area contributed by atoms with Crippen molar-refractivity contribution in [2.45, 2.75) is 70.6 Å². The number of benzene rings is 1. The number of carbonyl (C=O) groups is 1. The highest BCUT2D eigenvalue weighted by Gasteiger charge is 2.38. The Morgan fingerprint density at radius 3 is 2.49 bits per heavy atom. The molecule has 12 heteroatoms. The van der Waals surface area contributed by atoms with E-state index in [1.807, 2.05) is 30.0 Å². The number of urea groups is 1. The van der Waals surface area contributed by atoms with E-state index in [9.17, 15) is 28.1 Å². The van der Waals surface area contributed by atoms with Crippen molar-refractivity contribution >= 4 is 17.4 Å². The zero-order valence-electron chi connectivity index (χ0n) is 23.3. The Labute approximate surface area is 238 Å². The van der Waals surface area contributed by atoms with E-state index in [-0.39, 0.29) is 23.7 Å². The standard InChI is InChI=1S/C29H38F3N5O4/c1-2-33-28(38)36-16-14-20(15-17-36)6-9-22-4-3-5-27(35-22)41-24-11-7-21(8-12-24)19-34-23-10-13-26(37(39)40)25(18-23)29(30,31)32/h3-5,10,13,18,20-21,24,34H,2,6-9,11-12,14-17,19H2,1H3,(H,33,38). The molecule has 4 rings (SSSR count). The molecular formula is C29H38F3N5O4. The summed E-state index contributed by atoms with van der Waals surface area (Å²) < 4.78 is 45.9. The number of anilines is 1. The first-order valence-corrected chi connectivity index (χ1v) is 14.4. The molecule has 2 fully saturated rings. The number of carbonyl (C=O) groups excluding carboxylic acids is 1. The number of ether oxygens (including phenoxy) is 1. The number of amides is 2. The topological polar surface area (TPSA) is 110 Å². The van der Waals surface area contributed by atoms with Crippen LogP contribution in [0.3, 0.4) is 0 Å². The summed E-state index contributed by atoms with van der Waals surface area (Å²) in [5.41, 5.74) is -0.985. The largest absolute Gasteiger partial charge is 0.474 e. The predicted octanol–water partition coefficient (Wildman–Crippen LogP) is 6.43. The fraction of sp³-hybridized carbons (Fsp3) is 0.586. The molecule has 1 aliphatic carbocycles. The molecule has 1 aliphatic heterocycles. The molecule has 41 heavy (non-hydrogen) atoms. The minimum atomic E-state index is -4.80. The number of aromatic nitrogens is 1. The van der Waals surface area contributed by atoms with Gasteiger partial charge < -0.3 is 20.3 Å². The van der Waals surface area contributed by atoms with Crippen LogP contribution in [0, 0.1) is 22.0 Å². The van der Waals surface area contributed by atoms with E-state index in [4.69, 9.17) is 9.72 Å². The van der Waals surface area contributed by atoms with E-state index < -0.39 is 22.4 Å². The number of nitro benzene ring substituents is 1. The molecule has 2 N–H and O–H groups in total. The first kappa shape index (κ1) is 30.4. The predicted molar refractivity (Wildman–Crippen MR) is 149 cm³/mol. The van der Waals surface area contributed by atoms with Crippen LogP contribution < -0.4 is 15.4 Å². The smallest absolute Gasteiger partial charge is 0.423 e. The maximum atomic E-state index is 13.3. The number of halogens is 3. The minimum Gasteiger partial charge on any atom is -0.474 e. The molecule has 0 unspecified atom stereocenters. The first-order valence-electron chi connectivity index (χ1n) is 14.4. The Morgan fingerprint density at radius 2 is 1.83 bits per heavy atom. The number of nitro groups is 1. The van der Waals surface area contributed by atoms with E-state index in [1.165, 1.54) is 6.07 Å². The second kappa shape index (κ2) is 13.9. The molecule has 2 heterocycles. The van der Waals surface area contributed by atoms with E-state index in [0.29, 0.717) is 24.9 Å². The van der Waals surface area contributed by atoms with Gasteiger partial charge in [-0.25, -0.2) is 9.78 Å². The number of rotatable bonds is 10. The number of alkyl halides is 3. The molecule has 224 valence electrons. The summed E-state index contributed by atoms with van der Waals surface area (Å²) in [6.07, 6.45) is 2.45. The van der Waals surface area contributed by atoms with Crippen LogP contribution >= 0.6 is 0 Å². The molecule has 0 radical (unpaired) electrons. The van der Waals surface area contributed by atoms with Gasteiger partial charge in [-0.3, -0.25) is 10.1 Å². The summed E-state index contributed by atoms with van der Waals surface area (Å²) in [7, 11) is 0.